The molecule has 0 atom stereocenters. The highest BCUT2D eigenvalue weighted by Gasteiger charge is 2.29. The molecule has 0 spiro atoms. The van der Waals surface area contributed by atoms with Crippen LogP contribution >= 0.6 is 0 Å². The lowest BCUT2D eigenvalue weighted by Crippen LogP contribution is -2.21. The summed E-state index contributed by atoms with van der Waals surface area (Å²) >= 11 is 0. The van der Waals surface area contributed by atoms with Crippen molar-refractivity contribution in [1.29, 1.82) is 0 Å². The summed E-state index contributed by atoms with van der Waals surface area (Å²) in [5.74, 6) is 1.85. The van der Waals surface area contributed by atoms with Crippen LogP contribution in [0.15, 0.2) is 79.1 Å². The van der Waals surface area contributed by atoms with E-state index in [4.69, 9.17) is 9.84 Å². The van der Waals surface area contributed by atoms with E-state index in [9.17, 15) is 9.59 Å². The number of carbonyl (C=O) groups excluding carboxylic acids is 2. The number of rotatable bonds is 7. The number of amides is 1. The zero-order chi connectivity index (χ0) is 28.7. The number of nitrogens with zero attached hydrogens (tertiary/aromatic N) is 5. The predicted octanol–water partition coefficient (Wildman–Crippen LogP) is 5.78. The van der Waals surface area contributed by atoms with Crippen molar-refractivity contribution < 1.29 is 14.3 Å². The first kappa shape index (κ1) is 26.4. The van der Waals surface area contributed by atoms with Gasteiger partial charge in [0.2, 0.25) is 5.91 Å². The predicted molar refractivity (Wildman–Crippen MR) is 158 cm³/mol. The van der Waals surface area contributed by atoms with Crippen molar-refractivity contribution in [2.45, 2.75) is 45.4 Å². The van der Waals surface area contributed by atoms with Gasteiger partial charge in [0.15, 0.2) is 0 Å². The minimum absolute atomic E-state index is 0.0211. The molecule has 1 aliphatic rings. The molecule has 0 saturated heterocycles. The number of anilines is 1. The molecule has 1 aliphatic heterocycles. The highest BCUT2D eigenvalue weighted by molar-refractivity contribution is 6.00. The second-order valence-corrected chi connectivity index (χ2v) is 11.4. The van der Waals surface area contributed by atoms with Gasteiger partial charge >= 0.3 is 0 Å². The number of hydrogen-bond donors (Lipinski definition) is 0. The Morgan fingerprint density at radius 3 is 2.51 bits per heavy atom. The van der Waals surface area contributed by atoms with Crippen LogP contribution in [0.4, 0.5) is 5.82 Å². The molecule has 0 aliphatic carbocycles. The monoisotopic (exact) mass is 545 g/mol. The van der Waals surface area contributed by atoms with E-state index >= 15 is 0 Å². The number of ketones is 1. The van der Waals surface area contributed by atoms with Gasteiger partial charge in [0.25, 0.3) is 0 Å². The van der Waals surface area contributed by atoms with Crippen molar-refractivity contribution in [1.82, 2.24) is 19.7 Å². The minimum Gasteiger partial charge on any atom is -0.456 e. The Labute approximate surface area is 238 Å². The van der Waals surface area contributed by atoms with Gasteiger partial charge in [-0.15, -0.1) is 0 Å². The van der Waals surface area contributed by atoms with Crippen molar-refractivity contribution in [3.63, 3.8) is 0 Å². The molecule has 6 rings (SSSR count). The van der Waals surface area contributed by atoms with Gasteiger partial charge in [-0.2, -0.15) is 5.10 Å². The van der Waals surface area contributed by atoms with Crippen LogP contribution < -0.4 is 9.64 Å². The molecule has 2 aromatic carbocycles. The topological polar surface area (TPSA) is 90.2 Å². The molecule has 8 nitrogen and oxygen atoms in total. The van der Waals surface area contributed by atoms with Gasteiger partial charge in [-0.3, -0.25) is 19.5 Å². The number of para-hydroxylation sites is 1. The molecule has 206 valence electrons. The Kier molecular flexibility index (Phi) is 6.61. The molecule has 8 heteroatoms. The fourth-order valence-corrected chi connectivity index (χ4v) is 5.14. The van der Waals surface area contributed by atoms with E-state index in [0.29, 0.717) is 22.8 Å². The summed E-state index contributed by atoms with van der Waals surface area (Å²) in [6, 6.07) is 21.3. The number of benzene rings is 2. The van der Waals surface area contributed by atoms with Gasteiger partial charge in [-0.1, -0.05) is 45.0 Å². The van der Waals surface area contributed by atoms with Crippen LogP contribution in [0.1, 0.15) is 43.3 Å². The summed E-state index contributed by atoms with van der Waals surface area (Å²) in [5.41, 5.74) is 4.88. The number of likely N-dealkylation sites (N-methyl/N-ethyl adjacent to an activating group) is 1. The zero-order valence-corrected chi connectivity index (χ0v) is 23.6. The molecule has 0 radical (unpaired) electrons. The van der Waals surface area contributed by atoms with Gasteiger partial charge in [0.05, 0.1) is 29.0 Å². The summed E-state index contributed by atoms with van der Waals surface area (Å²) in [4.78, 5) is 36.3. The Morgan fingerprint density at radius 1 is 0.927 bits per heavy atom. The van der Waals surface area contributed by atoms with Crippen molar-refractivity contribution in [2.75, 3.05) is 11.9 Å². The first-order chi connectivity index (χ1) is 19.7. The number of fused-ring (bicyclic) bond motifs is 2. The molecule has 5 aromatic rings. The number of hydrogen-bond acceptors (Lipinski definition) is 6. The second kappa shape index (κ2) is 10.3. The van der Waals surface area contributed by atoms with E-state index < -0.39 is 0 Å². The van der Waals surface area contributed by atoms with Crippen LogP contribution in [0.5, 0.6) is 11.5 Å². The Hall–Kier alpha value is -4.85. The highest BCUT2D eigenvalue weighted by Crippen LogP contribution is 2.38. The number of Topliss-reactive ketones (excluding diaryl/α,β-unsaturated/α-hetero) is 1. The molecule has 0 fully saturated rings. The third-order valence-electron chi connectivity index (χ3n) is 7.36. The molecule has 0 unspecified atom stereocenters. The van der Waals surface area contributed by atoms with E-state index in [2.05, 4.69) is 30.7 Å². The van der Waals surface area contributed by atoms with Crippen molar-refractivity contribution in [3.8, 4) is 17.2 Å². The Bertz CT molecular complexity index is 1790. The second-order valence-electron chi connectivity index (χ2n) is 11.4. The van der Waals surface area contributed by atoms with Crippen LogP contribution in [0.25, 0.3) is 16.6 Å². The third-order valence-corrected chi connectivity index (χ3v) is 7.36. The van der Waals surface area contributed by atoms with Crippen molar-refractivity contribution in [3.05, 3.63) is 102 Å². The number of pyridine rings is 2. The normalized spacial score (nSPS) is 13.1. The first-order valence-electron chi connectivity index (χ1n) is 13.6. The Balaban J connectivity index is 1.29. The van der Waals surface area contributed by atoms with E-state index in [-0.39, 0.29) is 36.4 Å². The summed E-state index contributed by atoms with van der Waals surface area (Å²) in [6.07, 6.45) is 4.08. The van der Waals surface area contributed by atoms with Crippen molar-refractivity contribution in [2.24, 2.45) is 0 Å². The number of ether oxygens (including phenoxy) is 1. The molecular weight excluding hydrogens is 514 g/mol. The molecule has 0 bridgehead atoms. The fourth-order valence-electron chi connectivity index (χ4n) is 5.14. The van der Waals surface area contributed by atoms with Gasteiger partial charge in [-0.25, -0.2) is 9.67 Å². The summed E-state index contributed by atoms with van der Waals surface area (Å²) in [5, 5.41) is 5.65. The van der Waals surface area contributed by atoms with E-state index in [1.807, 2.05) is 65.3 Å². The lowest BCUT2D eigenvalue weighted by molar-refractivity contribution is -0.118. The molecule has 3 aromatic heterocycles. The van der Waals surface area contributed by atoms with Crippen LogP contribution in [0, 0.1) is 0 Å². The van der Waals surface area contributed by atoms with Crippen LogP contribution in [0.3, 0.4) is 0 Å². The quantitative estimate of drug-likeness (QED) is 0.258. The maximum Gasteiger partial charge on any atom is 0.232 e. The van der Waals surface area contributed by atoms with Gasteiger partial charge < -0.3 is 4.74 Å². The van der Waals surface area contributed by atoms with Gasteiger partial charge in [0.1, 0.15) is 23.1 Å². The first-order valence-corrected chi connectivity index (χ1v) is 13.6. The average molecular weight is 546 g/mol. The fraction of sp³-hybridized carbons (Fsp3) is 0.242. The van der Waals surface area contributed by atoms with Crippen LogP contribution in [0.2, 0.25) is 0 Å². The molecular formula is C33H31N5O3. The summed E-state index contributed by atoms with van der Waals surface area (Å²) in [7, 11) is 1.72. The molecule has 0 N–H and O–H groups in total. The lowest BCUT2D eigenvalue weighted by Gasteiger charge is -2.14. The largest absolute Gasteiger partial charge is 0.456 e. The van der Waals surface area contributed by atoms with Gasteiger partial charge in [0, 0.05) is 48.6 Å². The average Bonchev–Trinajstić information content (AvgIpc) is 3.52. The molecule has 1 amide bonds. The maximum absolute atomic E-state index is 13.5. The lowest BCUT2D eigenvalue weighted by atomic mass is 9.92. The molecule has 0 saturated carbocycles. The standard InChI is InChI=1S/C33H31N5O3/c1-33(2,3)29-19-23(38(36-29)22-9-6-5-7-10-22)18-24(39)17-21-12-13-27(25-11-8-15-34-31(21)25)41-28-14-16-35-32-26(28)20-30(40)37(32)4/h5-16,19H,17-18,20H2,1-4H3. The van der Waals surface area contributed by atoms with Gasteiger partial charge in [-0.05, 0) is 48.0 Å². The molecule has 4 heterocycles. The highest BCUT2D eigenvalue weighted by atomic mass is 16.5. The van der Waals surface area contributed by atoms with E-state index in [1.165, 1.54) is 0 Å². The van der Waals surface area contributed by atoms with Crippen LogP contribution in [-0.2, 0) is 34.3 Å². The molecule has 41 heavy (non-hydrogen) atoms. The third kappa shape index (κ3) is 5.09. The Morgan fingerprint density at radius 2 is 1.73 bits per heavy atom. The zero-order valence-electron chi connectivity index (χ0n) is 23.6. The van der Waals surface area contributed by atoms with E-state index in [1.54, 1.807) is 30.4 Å². The maximum atomic E-state index is 13.5. The van der Waals surface area contributed by atoms with Crippen molar-refractivity contribution >= 4 is 28.4 Å². The smallest absolute Gasteiger partial charge is 0.232 e. The number of aromatic nitrogens is 4. The SMILES string of the molecule is CN1C(=O)Cc2c(Oc3ccc(CC(=O)Cc4cc(C(C)(C)C)nn4-c4ccccc4)c4ncccc34)ccnc21. The minimum atomic E-state index is -0.147. The number of carbonyl (C=O) groups is 2. The van der Waals surface area contributed by atoms with E-state index in [0.717, 1.165) is 33.6 Å². The summed E-state index contributed by atoms with van der Waals surface area (Å²) < 4.78 is 8.21. The summed E-state index contributed by atoms with van der Waals surface area (Å²) in [6.45, 7) is 6.36. The van der Waals surface area contributed by atoms with Crippen LogP contribution in [-0.4, -0.2) is 38.5 Å².